The zero-order chi connectivity index (χ0) is 22.5. The molecule has 0 aliphatic heterocycles. The fourth-order valence-corrected chi connectivity index (χ4v) is 2.98. The Morgan fingerprint density at radius 3 is 2.47 bits per heavy atom. The highest BCUT2D eigenvalue weighted by molar-refractivity contribution is 5.99. The van der Waals surface area contributed by atoms with Gasteiger partial charge in [0.25, 0.3) is 0 Å². The van der Waals surface area contributed by atoms with E-state index in [-0.39, 0.29) is 11.8 Å². The largest absolute Gasteiger partial charge is 0.496 e. The van der Waals surface area contributed by atoms with E-state index in [1.54, 1.807) is 45.0 Å². The topological polar surface area (TPSA) is 93.9 Å². The lowest BCUT2D eigenvalue weighted by molar-refractivity contribution is -0.121. The minimum Gasteiger partial charge on any atom is -0.496 e. The number of alkyl carbamates (subject to hydrolysis) is 1. The molecule has 30 heavy (non-hydrogen) atoms. The van der Waals surface area contributed by atoms with E-state index in [9.17, 15) is 9.59 Å². The van der Waals surface area contributed by atoms with Gasteiger partial charge >= 0.3 is 6.09 Å². The van der Waals surface area contributed by atoms with Gasteiger partial charge in [0.2, 0.25) is 5.91 Å². The van der Waals surface area contributed by atoms with Crippen molar-refractivity contribution in [2.75, 3.05) is 18.6 Å². The Balaban J connectivity index is 2.30. The number of aromatic nitrogens is 1. The van der Waals surface area contributed by atoms with Crippen LogP contribution in [0, 0.1) is 5.92 Å². The van der Waals surface area contributed by atoms with Gasteiger partial charge in [-0.1, -0.05) is 13.8 Å². The summed E-state index contributed by atoms with van der Waals surface area (Å²) in [6, 6.07) is 4.66. The molecule has 0 saturated carbocycles. The molecule has 0 bridgehead atoms. The van der Waals surface area contributed by atoms with E-state index < -0.39 is 17.7 Å². The van der Waals surface area contributed by atoms with Crippen molar-refractivity contribution in [3.63, 3.8) is 0 Å². The molecular weight excluding hydrogens is 386 g/mol. The lowest BCUT2D eigenvalue weighted by atomic mass is 10.0. The Bertz CT molecular complexity index is 856. The molecule has 1 heterocycles. The van der Waals surface area contributed by atoms with E-state index in [0.29, 0.717) is 23.7 Å². The third-order valence-electron chi connectivity index (χ3n) is 4.38. The minimum absolute atomic E-state index is 0.130. The molecule has 2 amide bonds. The van der Waals surface area contributed by atoms with Gasteiger partial charge in [0.05, 0.1) is 18.9 Å². The number of methoxy groups -OCH3 is 1. The maximum atomic E-state index is 13.3. The molecule has 8 nitrogen and oxygen atoms in total. The lowest BCUT2D eigenvalue weighted by Crippen LogP contribution is -2.52. The van der Waals surface area contributed by atoms with Crippen LogP contribution in [0.3, 0.4) is 0 Å². The molecule has 0 aliphatic rings. The first-order valence-corrected chi connectivity index (χ1v) is 9.95. The third-order valence-corrected chi connectivity index (χ3v) is 4.38. The van der Waals surface area contributed by atoms with Crippen LogP contribution in [0.4, 0.5) is 10.5 Å². The van der Waals surface area contributed by atoms with Gasteiger partial charge in [0.15, 0.2) is 12.2 Å². The molecule has 0 aliphatic carbocycles. The minimum atomic E-state index is -0.736. The van der Waals surface area contributed by atoms with Crippen LogP contribution in [0.15, 0.2) is 35.2 Å². The first-order chi connectivity index (χ1) is 14.1. The van der Waals surface area contributed by atoms with E-state index in [1.165, 1.54) is 6.39 Å². The highest BCUT2D eigenvalue weighted by Gasteiger charge is 2.31. The first kappa shape index (κ1) is 23.3. The molecule has 0 radical (unpaired) electrons. The second-order valence-electron chi connectivity index (χ2n) is 8.20. The average molecular weight is 418 g/mol. The standard InChI is InChI=1S/C22H31N3O5/c1-8-25(20(26)19(14(2)3)24-21(27)30-22(4,5)6)15-9-10-16(17(11-15)28-7)18-12-23-13-29-18/h9-14,19H,8H2,1-7H3,(H,24,27)/t19-/m1/s1. The number of benzene rings is 1. The van der Waals surface area contributed by atoms with Crippen LogP contribution in [0.25, 0.3) is 11.3 Å². The van der Waals surface area contributed by atoms with Gasteiger partial charge in [-0.15, -0.1) is 0 Å². The van der Waals surface area contributed by atoms with Crippen molar-refractivity contribution in [2.24, 2.45) is 5.92 Å². The maximum absolute atomic E-state index is 13.3. The summed E-state index contributed by atoms with van der Waals surface area (Å²) in [5.74, 6) is 0.762. The summed E-state index contributed by atoms with van der Waals surface area (Å²) in [5, 5.41) is 2.71. The summed E-state index contributed by atoms with van der Waals surface area (Å²) in [6.45, 7) is 11.4. The highest BCUT2D eigenvalue weighted by atomic mass is 16.6. The van der Waals surface area contributed by atoms with E-state index in [2.05, 4.69) is 10.3 Å². The zero-order valence-electron chi connectivity index (χ0n) is 18.7. The highest BCUT2D eigenvalue weighted by Crippen LogP contribution is 2.33. The van der Waals surface area contributed by atoms with E-state index >= 15 is 0 Å². The van der Waals surface area contributed by atoms with Crippen LogP contribution in [0.5, 0.6) is 5.75 Å². The van der Waals surface area contributed by atoms with Gasteiger partial charge in [0, 0.05) is 18.3 Å². The maximum Gasteiger partial charge on any atom is 0.408 e. The van der Waals surface area contributed by atoms with Crippen LogP contribution in [0.1, 0.15) is 41.5 Å². The number of anilines is 1. The number of carbonyl (C=O) groups is 2. The number of hydrogen-bond donors (Lipinski definition) is 1. The fraction of sp³-hybridized carbons (Fsp3) is 0.500. The van der Waals surface area contributed by atoms with Crippen molar-refractivity contribution in [3.8, 4) is 17.1 Å². The number of amides is 2. The van der Waals surface area contributed by atoms with E-state index in [1.807, 2.05) is 32.9 Å². The third kappa shape index (κ3) is 5.75. The van der Waals surface area contributed by atoms with Crippen LogP contribution in [-0.4, -0.2) is 42.3 Å². The van der Waals surface area contributed by atoms with Crippen LogP contribution in [0.2, 0.25) is 0 Å². The van der Waals surface area contributed by atoms with Gasteiger partial charge in [-0.3, -0.25) is 4.79 Å². The van der Waals surface area contributed by atoms with Gasteiger partial charge < -0.3 is 24.1 Å². The lowest BCUT2D eigenvalue weighted by Gasteiger charge is -2.30. The van der Waals surface area contributed by atoms with Gasteiger partial charge in [0.1, 0.15) is 17.4 Å². The SMILES string of the molecule is CCN(C(=O)[C@H](NC(=O)OC(C)(C)C)C(C)C)c1ccc(-c2cnco2)c(OC)c1. The number of nitrogens with zero attached hydrogens (tertiary/aromatic N) is 2. The molecule has 164 valence electrons. The summed E-state index contributed by atoms with van der Waals surface area (Å²) in [7, 11) is 1.55. The molecule has 0 saturated heterocycles. The molecule has 8 heteroatoms. The van der Waals surface area contributed by atoms with Crippen LogP contribution >= 0.6 is 0 Å². The van der Waals surface area contributed by atoms with E-state index in [0.717, 1.165) is 5.56 Å². The number of nitrogens with one attached hydrogen (secondary N) is 1. The molecule has 0 fully saturated rings. The Morgan fingerprint density at radius 2 is 1.97 bits per heavy atom. The van der Waals surface area contributed by atoms with Gasteiger partial charge in [-0.25, -0.2) is 9.78 Å². The zero-order valence-corrected chi connectivity index (χ0v) is 18.7. The quantitative estimate of drug-likeness (QED) is 0.724. The molecule has 0 spiro atoms. The number of hydrogen-bond acceptors (Lipinski definition) is 6. The molecular formula is C22H31N3O5. The number of likely N-dealkylation sites (N-methyl/N-ethyl adjacent to an activating group) is 1. The Hall–Kier alpha value is -3.03. The molecule has 1 aromatic heterocycles. The summed E-state index contributed by atoms with van der Waals surface area (Å²) in [5.41, 5.74) is 0.733. The molecule has 2 rings (SSSR count). The van der Waals surface area contributed by atoms with Crippen molar-refractivity contribution >= 4 is 17.7 Å². The number of carbonyl (C=O) groups excluding carboxylic acids is 2. The fourth-order valence-electron chi connectivity index (χ4n) is 2.98. The van der Waals surface area contributed by atoms with Crippen molar-refractivity contribution in [3.05, 3.63) is 30.8 Å². The van der Waals surface area contributed by atoms with E-state index in [4.69, 9.17) is 13.9 Å². The molecule has 1 atom stereocenters. The summed E-state index contributed by atoms with van der Waals surface area (Å²) in [6.07, 6.45) is 2.32. The molecule has 1 aromatic carbocycles. The smallest absolute Gasteiger partial charge is 0.408 e. The first-order valence-electron chi connectivity index (χ1n) is 9.95. The van der Waals surface area contributed by atoms with Crippen molar-refractivity contribution in [2.45, 2.75) is 53.2 Å². The predicted molar refractivity (Wildman–Crippen MR) is 115 cm³/mol. The number of ether oxygens (including phenoxy) is 2. The second kappa shape index (κ2) is 9.65. The van der Waals surface area contributed by atoms with Crippen molar-refractivity contribution in [1.29, 1.82) is 0 Å². The predicted octanol–water partition coefficient (Wildman–Crippen LogP) is 4.25. The Kier molecular flexibility index (Phi) is 7.48. The summed E-state index contributed by atoms with van der Waals surface area (Å²) >= 11 is 0. The monoisotopic (exact) mass is 417 g/mol. The van der Waals surface area contributed by atoms with Crippen molar-refractivity contribution < 1.29 is 23.5 Å². The van der Waals surface area contributed by atoms with Crippen molar-refractivity contribution in [1.82, 2.24) is 10.3 Å². The second-order valence-corrected chi connectivity index (χ2v) is 8.20. The van der Waals surface area contributed by atoms with Crippen LogP contribution < -0.4 is 15.0 Å². The normalized spacial score (nSPS) is 12.4. The average Bonchev–Trinajstić information content (AvgIpc) is 3.19. The molecule has 2 aromatic rings. The van der Waals surface area contributed by atoms with Gasteiger partial charge in [-0.2, -0.15) is 0 Å². The molecule has 1 N–H and O–H groups in total. The van der Waals surface area contributed by atoms with Crippen LogP contribution in [-0.2, 0) is 9.53 Å². The Morgan fingerprint density at radius 1 is 1.27 bits per heavy atom. The summed E-state index contributed by atoms with van der Waals surface area (Å²) in [4.78, 5) is 31.1. The van der Waals surface area contributed by atoms with Gasteiger partial charge in [-0.05, 0) is 45.7 Å². The summed E-state index contributed by atoms with van der Waals surface area (Å²) < 4.78 is 16.2. The number of rotatable bonds is 7. The Labute approximate surface area is 177 Å². The molecule has 0 unspecified atom stereocenters. The number of oxazole rings is 1.